The summed E-state index contributed by atoms with van der Waals surface area (Å²) in [5.74, 6) is -0.829. The molecule has 0 aliphatic heterocycles. The Balaban J connectivity index is 0.000000255. The smallest absolute Gasteiger partial charge is 0.307 e. The fourth-order valence-electron chi connectivity index (χ4n) is 0.490. The first-order valence-corrected chi connectivity index (χ1v) is 4.42. The van der Waals surface area contributed by atoms with E-state index in [1.807, 2.05) is 0 Å². The second kappa shape index (κ2) is 7.35. The van der Waals surface area contributed by atoms with Crippen LogP contribution >= 0.6 is 23.2 Å². The van der Waals surface area contributed by atoms with Crippen molar-refractivity contribution in [3.63, 3.8) is 0 Å². The Morgan fingerprint density at radius 1 is 1.64 bits per heavy atom. The lowest BCUT2D eigenvalue weighted by Crippen LogP contribution is -1.88. The second-order valence-corrected chi connectivity index (χ2v) is 2.93. The second-order valence-electron chi connectivity index (χ2n) is 2.16. The van der Waals surface area contributed by atoms with E-state index in [2.05, 4.69) is 11.6 Å². The van der Waals surface area contributed by atoms with Crippen LogP contribution in [0.4, 0.5) is 0 Å². The summed E-state index contributed by atoms with van der Waals surface area (Å²) in [6, 6.07) is 3.42. The van der Waals surface area contributed by atoms with E-state index >= 15 is 0 Å². The number of halogens is 2. The predicted molar refractivity (Wildman–Crippen MR) is 56.7 cm³/mol. The Morgan fingerprint density at radius 2 is 2.29 bits per heavy atom. The van der Waals surface area contributed by atoms with Crippen LogP contribution < -0.4 is 0 Å². The quantitative estimate of drug-likeness (QED) is 0.632. The number of carbonyl (C=O) groups is 1. The number of hydrogen-bond donors (Lipinski definition) is 1. The van der Waals surface area contributed by atoms with Gasteiger partial charge in [-0.15, -0.1) is 6.58 Å². The molecule has 1 aromatic rings. The van der Waals surface area contributed by atoms with Crippen molar-refractivity contribution in [1.29, 1.82) is 0 Å². The monoisotopic (exact) mass is 233 g/mol. The van der Waals surface area contributed by atoms with Crippen LogP contribution in [0.3, 0.4) is 0 Å². The Bertz CT molecular complexity index is 294. The summed E-state index contributed by atoms with van der Waals surface area (Å²) in [5.41, 5.74) is 0. The van der Waals surface area contributed by atoms with E-state index in [1.165, 1.54) is 6.08 Å². The van der Waals surface area contributed by atoms with Gasteiger partial charge in [0.2, 0.25) is 0 Å². The molecule has 0 aliphatic rings. The summed E-state index contributed by atoms with van der Waals surface area (Å²) in [4.78, 5) is 13.2. The number of carboxylic acids is 1. The van der Waals surface area contributed by atoms with Crippen LogP contribution in [0.15, 0.2) is 31.0 Å². The van der Waals surface area contributed by atoms with Crippen molar-refractivity contribution in [3.8, 4) is 0 Å². The van der Waals surface area contributed by atoms with Crippen molar-refractivity contribution in [2.75, 3.05) is 0 Å². The molecule has 0 saturated heterocycles. The molecular weight excluding hydrogens is 225 g/mol. The van der Waals surface area contributed by atoms with Gasteiger partial charge in [0.15, 0.2) is 0 Å². The van der Waals surface area contributed by atoms with Crippen molar-refractivity contribution in [2.24, 2.45) is 0 Å². The molecule has 0 aromatic carbocycles. The fourth-order valence-corrected chi connectivity index (χ4v) is 0.731. The maximum absolute atomic E-state index is 9.53. The largest absolute Gasteiger partial charge is 0.481 e. The van der Waals surface area contributed by atoms with Gasteiger partial charge in [-0.2, -0.15) is 0 Å². The Morgan fingerprint density at radius 3 is 2.50 bits per heavy atom. The summed E-state index contributed by atoms with van der Waals surface area (Å²) in [5, 5.41) is 8.69. The molecule has 5 heteroatoms. The number of hydrogen-bond acceptors (Lipinski definition) is 2. The van der Waals surface area contributed by atoms with Crippen molar-refractivity contribution in [3.05, 3.63) is 41.2 Å². The van der Waals surface area contributed by atoms with Gasteiger partial charge in [0.1, 0.15) is 5.15 Å². The molecule has 0 amide bonds. The van der Waals surface area contributed by atoms with Gasteiger partial charge in [-0.1, -0.05) is 29.3 Å². The summed E-state index contributed by atoms with van der Waals surface area (Å²) in [6.45, 7) is 3.22. The van der Waals surface area contributed by atoms with Gasteiger partial charge in [0, 0.05) is 6.20 Å². The maximum atomic E-state index is 9.53. The van der Waals surface area contributed by atoms with Crippen molar-refractivity contribution in [2.45, 2.75) is 6.42 Å². The predicted octanol–water partition coefficient (Wildman–Crippen LogP) is 3.04. The van der Waals surface area contributed by atoms with E-state index in [1.54, 1.807) is 18.3 Å². The van der Waals surface area contributed by atoms with Gasteiger partial charge in [0.25, 0.3) is 0 Å². The zero-order valence-electron chi connectivity index (χ0n) is 7.28. The highest BCUT2D eigenvalue weighted by molar-refractivity contribution is 6.41. The highest BCUT2D eigenvalue weighted by Crippen LogP contribution is 2.16. The number of aliphatic carboxylic acids is 1. The number of carboxylic acid groups (broad SMARTS) is 1. The number of aromatic nitrogens is 1. The zero-order chi connectivity index (χ0) is 11.0. The summed E-state index contributed by atoms with van der Waals surface area (Å²) in [7, 11) is 0. The molecule has 14 heavy (non-hydrogen) atoms. The molecule has 0 unspecified atom stereocenters. The van der Waals surface area contributed by atoms with Crippen LogP contribution in [-0.4, -0.2) is 16.1 Å². The molecule has 0 bridgehead atoms. The molecule has 0 saturated carbocycles. The fraction of sp³-hybridized carbons (Fsp3) is 0.111. The highest BCUT2D eigenvalue weighted by atomic mass is 35.5. The van der Waals surface area contributed by atoms with Crippen LogP contribution in [0.1, 0.15) is 6.42 Å². The minimum absolute atomic E-state index is 0.0556. The lowest BCUT2D eigenvalue weighted by Gasteiger charge is -1.87. The van der Waals surface area contributed by atoms with Crippen LogP contribution in [0.2, 0.25) is 10.2 Å². The van der Waals surface area contributed by atoms with E-state index in [0.29, 0.717) is 10.2 Å². The van der Waals surface area contributed by atoms with Gasteiger partial charge < -0.3 is 5.11 Å². The molecule has 0 fully saturated rings. The Hall–Kier alpha value is -1.06. The first kappa shape index (κ1) is 12.9. The van der Waals surface area contributed by atoms with E-state index in [-0.39, 0.29) is 6.42 Å². The maximum Gasteiger partial charge on any atom is 0.307 e. The molecule has 0 aliphatic carbocycles. The minimum Gasteiger partial charge on any atom is -0.481 e. The van der Waals surface area contributed by atoms with E-state index in [4.69, 9.17) is 28.3 Å². The highest BCUT2D eigenvalue weighted by Gasteiger charge is 1.91. The van der Waals surface area contributed by atoms with Crippen LogP contribution in [0, 0.1) is 0 Å². The Labute approximate surface area is 92.0 Å². The molecule has 0 atom stereocenters. The molecule has 1 heterocycles. The molecule has 3 nitrogen and oxygen atoms in total. The van der Waals surface area contributed by atoms with Gasteiger partial charge in [-0.25, -0.2) is 4.98 Å². The Kier molecular flexibility index (Phi) is 6.80. The number of rotatable bonds is 2. The van der Waals surface area contributed by atoms with E-state index in [9.17, 15) is 4.79 Å². The zero-order valence-corrected chi connectivity index (χ0v) is 8.79. The lowest BCUT2D eigenvalue weighted by molar-refractivity contribution is -0.135. The molecule has 0 radical (unpaired) electrons. The molecule has 1 aromatic heterocycles. The van der Waals surface area contributed by atoms with Crippen LogP contribution in [-0.2, 0) is 4.79 Å². The third-order valence-corrected chi connectivity index (χ3v) is 1.74. The summed E-state index contributed by atoms with van der Waals surface area (Å²) < 4.78 is 0. The van der Waals surface area contributed by atoms with Gasteiger partial charge in [-0.05, 0) is 12.1 Å². The van der Waals surface area contributed by atoms with Gasteiger partial charge in [-0.3, -0.25) is 4.79 Å². The molecular formula is C9H9Cl2NO2. The number of nitrogens with zero attached hydrogens (tertiary/aromatic N) is 1. The third-order valence-electron chi connectivity index (χ3n) is 1.03. The summed E-state index contributed by atoms with van der Waals surface area (Å²) in [6.07, 6.45) is 3.00. The van der Waals surface area contributed by atoms with Crippen molar-refractivity contribution >= 4 is 29.2 Å². The molecule has 1 rings (SSSR count). The van der Waals surface area contributed by atoms with Crippen molar-refractivity contribution < 1.29 is 9.90 Å². The molecule has 0 spiro atoms. The first-order valence-electron chi connectivity index (χ1n) is 3.66. The molecule has 1 N–H and O–H groups in total. The van der Waals surface area contributed by atoms with Gasteiger partial charge >= 0.3 is 5.97 Å². The third kappa shape index (κ3) is 6.46. The van der Waals surface area contributed by atoms with E-state index in [0.717, 1.165) is 0 Å². The SMILES string of the molecule is C=CCC(=O)O.Clc1cccnc1Cl. The van der Waals surface area contributed by atoms with E-state index < -0.39 is 5.97 Å². The standard InChI is InChI=1S/C5H3Cl2N.C4H6O2/c6-4-2-1-3-8-5(4)7;1-2-3-4(5)6/h1-3H;2H,1,3H2,(H,5,6). The minimum atomic E-state index is -0.829. The van der Waals surface area contributed by atoms with Crippen LogP contribution in [0.25, 0.3) is 0 Å². The average molecular weight is 234 g/mol. The topological polar surface area (TPSA) is 50.2 Å². The number of pyridine rings is 1. The van der Waals surface area contributed by atoms with Crippen LogP contribution in [0.5, 0.6) is 0 Å². The van der Waals surface area contributed by atoms with Crippen molar-refractivity contribution in [1.82, 2.24) is 4.98 Å². The first-order chi connectivity index (χ1) is 6.57. The lowest BCUT2D eigenvalue weighted by atomic mass is 10.4. The van der Waals surface area contributed by atoms with Gasteiger partial charge in [0.05, 0.1) is 11.4 Å². The summed E-state index contributed by atoms with van der Waals surface area (Å²) >= 11 is 11.0. The normalized spacial score (nSPS) is 8.43. The molecule has 76 valence electrons. The average Bonchev–Trinajstić information content (AvgIpc) is 2.11.